The zero-order valence-electron chi connectivity index (χ0n) is 16.6. The summed E-state index contributed by atoms with van der Waals surface area (Å²) in [5.41, 5.74) is 0.999. The van der Waals surface area contributed by atoms with Crippen LogP contribution in [-0.4, -0.2) is 30.3 Å². The Morgan fingerprint density at radius 2 is 1.90 bits per heavy atom. The van der Waals surface area contributed by atoms with Crippen molar-refractivity contribution in [1.82, 2.24) is 4.98 Å². The van der Waals surface area contributed by atoms with E-state index in [2.05, 4.69) is 4.98 Å². The fourth-order valence-corrected chi connectivity index (χ4v) is 3.81. The highest BCUT2D eigenvalue weighted by Gasteiger charge is 2.16. The van der Waals surface area contributed by atoms with E-state index in [0.717, 1.165) is 5.56 Å². The second-order valence-electron chi connectivity index (χ2n) is 6.45. The van der Waals surface area contributed by atoms with Gasteiger partial charge in [-0.1, -0.05) is 0 Å². The van der Waals surface area contributed by atoms with E-state index in [-0.39, 0.29) is 23.6 Å². The van der Waals surface area contributed by atoms with Crippen LogP contribution >= 0.6 is 11.3 Å². The fraction of sp³-hybridized carbons (Fsp3) is 0.136. The molecule has 0 unspecified atom stereocenters. The molecule has 158 valence electrons. The minimum atomic E-state index is -0.622. The topological polar surface area (TPSA) is 108 Å². The van der Waals surface area contributed by atoms with Gasteiger partial charge in [0.1, 0.15) is 22.9 Å². The number of phenolic OH excluding ortho intramolecular Hbond substituents is 1. The molecule has 0 fully saturated rings. The predicted molar refractivity (Wildman–Crippen MR) is 114 cm³/mol. The number of aromatic nitrogens is 1. The van der Waals surface area contributed by atoms with Crippen molar-refractivity contribution in [3.05, 3.63) is 69.5 Å². The van der Waals surface area contributed by atoms with Crippen molar-refractivity contribution in [2.24, 2.45) is 0 Å². The molecule has 0 atom stereocenters. The quantitative estimate of drug-likeness (QED) is 0.355. The number of methoxy groups -OCH3 is 2. The number of nitrogens with zero attached hydrogens (tertiary/aromatic N) is 1. The van der Waals surface area contributed by atoms with E-state index in [9.17, 15) is 14.7 Å². The number of esters is 1. The minimum Gasteiger partial charge on any atom is -0.508 e. The molecule has 0 bridgehead atoms. The van der Waals surface area contributed by atoms with Crippen LogP contribution in [0.3, 0.4) is 0 Å². The van der Waals surface area contributed by atoms with E-state index < -0.39 is 11.6 Å². The van der Waals surface area contributed by atoms with Crippen molar-refractivity contribution in [2.75, 3.05) is 14.2 Å². The van der Waals surface area contributed by atoms with Crippen molar-refractivity contribution >= 4 is 28.3 Å². The van der Waals surface area contributed by atoms with Crippen LogP contribution in [0.25, 0.3) is 21.5 Å². The molecular formula is C22H17NO7S. The summed E-state index contributed by atoms with van der Waals surface area (Å²) in [6.07, 6.45) is 0. The van der Waals surface area contributed by atoms with Crippen LogP contribution in [0, 0.1) is 0 Å². The zero-order chi connectivity index (χ0) is 22.0. The molecule has 0 spiro atoms. The average Bonchev–Trinajstić information content (AvgIpc) is 3.26. The lowest BCUT2D eigenvalue weighted by Gasteiger charge is -2.08. The lowest BCUT2D eigenvalue weighted by Crippen LogP contribution is -2.08. The molecule has 4 rings (SSSR count). The first-order chi connectivity index (χ1) is 15.0. The Balaban J connectivity index is 1.53. The summed E-state index contributed by atoms with van der Waals surface area (Å²) in [5.74, 6) is 0.494. The largest absolute Gasteiger partial charge is 0.508 e. The predicted octanol–water partition coefficient (Wildman–Crippen LogP) is 4.00. The lowest BCUT2D eigenvalue weighted by atomic mass is 10.1. The average molecular weight is 439 g/mol. The fourth-order valence-electron chi connectivity index (χ4n) is 3.02. The molecule has 31 heavy (non-hydrogen) atoms. The van der Waals surface area contributed by atoms with Gasteiger partial charge >= 0.3 is 11.6 Å². The molecule has 4 aromatic rings. The molecule has 2 heterocycles. The monoisotopic (exact) mass is 439 g/mol. The number of carbonyl (C=O) groups excluding carboxylic acids is 1. The Morgan fingerprint density at radius 1 is 1.10 bits per heavy atom. The summed E-state index contributed by atoms with van der Waals surface area (Å²) in [6, 6.07) is 11.0. The van der Waals surface area contributed by atoms with Gasteiger partial charge < -0.3 is 23.7 Å². The number of hydrogen-bond acceptors (Lipinski definition) is 9. The standard InChI is InChI=1S/C22H17NO7S/c1-27-17-6-3-12(7-19(17)28-2)21-23-16(11-31-21)22(26)29-10-13-8-20(25)30-18-9-14(24)4-5-15(13)18/h3-9,11,24H,10H2,1-2H3. The molecule has 8 nitrogen and oxygen atoms in total. The van der Waals surface area contributed by atoms with Crippen LogP contribution < -0.4 is 15.1 Å². The number of benzene rings is 2. The molecule has 0 radical (unpaired) electrons. The highest BCUT2D eigenvalue weighted by atomic mass is 32.1. The highest BCUT2D eigenvalue weighted by Crippen LogP contribution is 2.33. The number of carbonyl (C=O) groups is 1. The normalized spacial score (nSPS) is 10.8. The highest BCUT2D eigenvalue weighted by molar-refractivity contribution is 7.13. The zero-order valence-corrected chi connectivity index (χ0v) is 17.4. The molecule has 9 heteroatoms. The van der Waals surface area contributed by atoms with Gasteiger partial charge in [-0.3, -0.25) is 0 Å². The first kappa shape index (κ1) is 20.4. The molecule has 1 N–H and O–H groups in total. The van der Waals surface area contributed by atoms with Crippen LogP contribution in [0.4, 0.5) is 0 Å². The molecule has 0 saturated carbocycles. The Bertz CT molecular complexity index is 1330. The Morgan fingerprint density at radius 3 is 2.68 bits per heavy atom. The smallest absolute Gasteiger partial charge is 0.358 e. The van der Waals surface area contributed by atoms with Gasteiger partial charge in [-0.2, -0.15) is 0 Å². The molecule has 0 aliphatic heterocycles. The number of phenols is 1. The van der Waals surface area contributed by atoms with Crippen LogP contribution in [0.5, 0.6) is 17.2 Å². The number of ether oxygens (including phenoxy) is 3. The third-order valence-electron chi connectivity index (χ3n) is 4.52. The second kappa shape index (κ2) is 8.49. The van der Waals surface area contributed by atoms with Crippen molar-refractivity contribution in [3.8, 4) is 27.8 Å². The van der Waals surface area contributed by atoms with Crippen molar-refractivity contribution in [1.29, 1.82) is 0 Å². The molecule has 0 saturated heterocycles. The summed E-state index contributed by atoms with van der Waals surface area (Å²) in [5, 5.41) is 12.4. The number of aromatic hydroxyl groups is 1. The van der Waals surface area contributed by atoms with Gasteiger partial charge in [0.05, 0.1) is 14.2 Å². The number of rotatable bonds is 6. The number of thiazole rings is 1. The third kappa shape index (κ3) is 4.22. The van der Waals surface area contributed by atoms with Crippen LogP contribution in [-0.2, 0) is 11.3 Å². The molecule has 0 amide bonds. The summed E-state index contributed by atoms with van der Waals surface area (Å²) in [6.45, 7) is -0.144. The van der Waals surface area contributed by atoms with Gasteiger partial charge in [0, 0.05) is 34.0 Å². The van der Waals surface area contributed by atoms with E-state index in [1.807, 2.05) is 6.07 Å². The van der Waals surface area contributed by atoms with E-state index in [1.165, 1.54) is 29.5 Å². The molecule has 0 aliphatic carbocycles. The SMILES string of the molecule is COc1ccc(-c2nc(C(=O)OCc3cc(=O)oc4cc(O)ccc34)cs2)cc1OC. The van der Waals surface area contributed by atoms with Gasteiger partial charge in [-0.05, 0) is 30.3 Å². The maximum atomic E-state index is 12.5. The molecule has 2 aromatic carbocycles. The van der Waals surface area contributed by atoms with Gasteiger partial charge in [-0.25, -0.2) is 14.6 Å². The molecule has 2 aromatic heterocycles. The maximum Gasteiger partial charge on any atom is 0.358 e. The first-order valence-electron chi connectivity index (χ1n) is 9.09. The van der Waals surface area contributed by atoms with Crippen molar-refractivity contribution in [3.63, 3.8) is 0 Å². The van der Waals surface area contributed by atoms with Crippen molar-refractivity contribution < 1.29 is 28.5 Å². The summed E-state index contributed by atoms with van der Waals surface area (Å²) < 4.78 is 21.0. The lowest BCUT2D eigenvalue weighted by molar-refractivity contribution is 0.0468. The second-order valence-corrected chi connectivity index (χ2v) is 7.31. The summed E-state index contributed by atoms with van der Waals surface area (Å²) >= 11 is 1.29. The van der Waals surface area contributed by atoms with Crippen LogP contribution in [0.1, 0.15) is 16.1 Å². The number of fused-ring (bicyclic) bond motifs is 1. The van der Waals surface area contributed by atoms with Crippen LogP contribution in [0.2, 0.25) is 0 Å². The van der Waals surface area contributed by atoms with Gasteiger partial charge in [0.15, 0.2) is 17.2 Å². The van der Waals surface area contributed by atoms with Gasteiger partial charge in [-0.15, -0.1) is 11.3 Å². The first-order valence-corrected chi connectivity index (χ1v) is 9.97. The van der Waals surface area contributed by atoms with E-state index in [0.29, 0.717) is 27.5 Å². The Kier molecular flexibility index (Phi) is 5.59. The Hall–Kier alpha value is -3.85. The van der Waals surface area contributed by atoms with Crippen molar-refractivity contribution in [2.45, 2.75) is 6.61 Å². The third-order valence-corrected chi connectivity index (χ3v) is 5.41. The van der Waals surface area contributed by atoms with E-state index in [1.54, 1.807) is 37.8 Å². The van der Waals surface area contributed by atoms with Crippen LogP contribution in [0.15, 0.2) is 57.1 Å². The maximum absolute atomic E-state index is 12.5. The van der Waals surface area contributed by atoms with E-state index in [4.69, 9.17) is 18.6 Å². The number of hydrogen-bond donors (Lipinski definition) is 1. The molecular weight excluding hydrogens is 422 g/mol. The van der Waals surface area contributed by atoms with E-state index >= 15 is 0 Å². The minimum absolute atomic E-state index is 0.0324. The summed E-state index contributed by atoms with van der Waals surface area (Å²) in [7, 11) is 3.10. The van der Waals surface area contributed by atoms with Gasteiger partial charge in [0.25, 0.3) is 0 Å². The Labute approximate surface area is 180 Å². The summed E-state index contributed by atoms with van der Waals surface area (Å²) in [4.78, 5) is 28.6. The molecule has 0 aliphatic rings. The van der Waals surface area contributed by atoms with Gasteiger partial charge in [0.2, 0.25) is 0 Å².